The normalized spacial score (nSPS) is 10.9. The lowest BCUT2D eigenvalue weighted by atomic mass is 9.98. The van der Waals surface area contributed by atoms with E-state index in [1.54, 1.807) is 49.0 Å². The van der Waals surface area contributed by atoms with Gasteiger partial charge in [0.1, 0.15) is 11.5 Å². The van der Waals surface area contributed by atoms with Crippen molar-refractivity contribution < 1.29 is 24.5 Å². The lowest BCUT2D eigenvalue weighted by Gasteiger charge is -2.13. The van der Waals surface area contributed by atoms with Gasteiger partial charge in [-0.25, -0.2) is 4.79 Å². The number of phenolic OH excluding ortho intramolecular Hbond substituents is 1. The molecule has 2 N–H and O–H groups in total. The van der Waals surface area contributed by atoms with Crippen LogP contribution in [0.2, 0.25) is 0 Å². The number of thioether (sulfide) groups is 1. The second kappa shape index (κ2) is 10.9. The van der Waals surface area contributed by atoms with Crippen molar-refractivity contribution in [3.05, 3.63) is 53.1 Å². The molecule has 2 aromatic carbocycles. The number of phenols is 1. The van der Waals surface area contributed by atoms with Gasteiger partial charge in [-0.3, -0.25) is 4.79 Å². The summed E-state index contributed by atoms with van der Waals surface area (Å²) in [5.41, 5.74) is 1.23. The minimum Gasteiger partial charge on any atom is -0.507 e. The van der Waals surface area contributed by atoms with Gasteiger partial charge < -0.3 is 14.9 Å². The summed E-state index contributed by atoms with van der Waals surface area (Å²) in [6.45, 7) is 6.21. The fraction of sp³-hybridized carbons (Fsp3) is 0.391. The van der Waals surface area contributed by atoms with Crippen LogP contribution in [0.5, 0.6) is 11.5 Å². The molecule has 2 aromatic rings. The lowest BCUT2D eigenvalue weighted by molar-refractivity contribution is 0.0696. The Bertz CT molecular complexity index is 860. The highest BCUT2D eigenvalue weighted by Crippen LogP contribution is 2.32. The van der Waals surface area contributed by atoms with Crippen LogP contribution in [-0.4, -0.2) is 34.3 Å². The van der Waals surface area contributed by atoms with Crippen molar-refractivity contribution in [1.29, 1.82) is 0 Å². The molecule has 6 heteroatoms. The summed E-state index contributed by atoms with van der Waals surface area (Å²) in [5, 5.41) is 19.4. The largest absolute Gasteiger partial charge is 0.507 e. The van der Waals surface area contributed by atoms with Gasteiger partial charge in [-0.15, -0.1) is 11.8 Å². The standard InChI is InChI=1S/C23H28O5S/c1-15(2)13-20(24)19-9-10-21(16(3)22(19)25)28-11-4-5-12-29-18-8-6-7-17(14-18)23(26)27/h6-10,14-15,25H,4-5,11-13H2,1-3H3,(H,26,27). The van der Waals surface area contributed by atoms with Gasteiger partial charge in [-0.2, -0.15) is 0 Å². The smallest absolute Gasteiger partial charge is 0.335 e. The molecule has 0 aliphatic rings. The average Bonchev–Trinajstić information content (AvgIpc) is 2.67. The summed E-state index contributed by atoms with van der Waals surface area (Å²) < 4.78 is 5.78. The van der Waals surface area contributed by atoms with E-state index in [0.29, 0.717) is 35.5 Å². The van der Waals surface area contributed by atoms with Gasteiger partial charge in [-0.05, 0) is 61.8 Å². The molecular formula is C23H28O5S. The number of carboxylic acids is 1. The maximum absolute atomic E-state index is 12.2. The van der Waals surface area contributed by atoms with Gasteiger partial charge in [0.2, 0.25) is 0 Å². The first kappa shape index (κ1) is 22.8. The first-order valence-electron chi connectivity index (χ1n) is 9.74. The number of aromatic hydroxyl groups is 1. The second-order valence-electron chi connectivity index (χ2n) is 7.34. The third-order valence-electron chi connectivity index (χ3n) is 4.42. The zero-order chi connectivity index (χ0) is 21.4. The number of carboxylic acid groups (broad SMARTS) is 1. The molecule has 156 valence electrons. The van der Waals surface area contributed by atoms with Gasteiger partial charge in [0, 0.05) is 16.9 Å². The van der Waals surface area contributed by atoms with Crippen molar-refractivity contribution in [2.45, 2.75) is 44.9 Å². The Morgan fingerprint density at radius 3 is 2.59 bits per heavy atom. The van der Waals surface area contributed by atoms with Crippen LogP contribution in [-0.2, 0) is 0 Å². The summed E-state index contributed by atoms with van der Waals surface area (Å²) in [6, 6.07) is 10.3. The molecule has 0 unspecified atom stereocenters. The van der Waals surface area contributed by atoms with Crippen molar-refractivity contribution in [1.82, 2.24) is 0 Å². The Labute approximate surface area is 176 Å². The van der Waals surface area contributed by atoms with E-state index in [1.165, 1.54) is 0 Å². The Morgan fingerprint density at radius 1 is 1.14 bits per heavy atom. The zero-order valence-electron chi connectivity index (χ0n) is 17.1. The van der Waals surface area contributed by atoms with Crippen molar-refractivity contribution in [2.24, 2.45) is 5.92 Å². The number of benzene rings is 2. The van der Waals surface area contributed by atoms with Crippen LogP contribution in [0.3, 0.4) is 0 Å². The summed E-state index contributed by atoms with van der Waals surface area (Å²) in [7, 11) is 0. The number of ether oxygens (including phenoxy) is 1. The Morgan fingerprint density at radius 2 is 1.90 bits per heavy atom. The van der Waals surface area contributed by atoms with Crippen LogP contribution in [0.25, 0.3) is 0 Å². The zero-order valence-corrected chi connectivity index (χ0v) is 17.9. The number of unbranched alkanes of at least 4 members (excludes halogenated alkanes) is 1. The molecular weight excluding hydrogens is 388 g/mol. The second-order valence-corrected chi connectivity index (χ2v) is 8.51. The van der Waals surface area contributed by atoms with E-state index in [-0.39, 0.29) is 17.5 Å². The number of carbonyl (C=O) groups excluding carboxylic acids is 1. The molecule has 0 spiro atoms. The maximum atomic E-state index is 12.2. The molecule has 29 heavy (non-hydrogen) atoms. The van der Waals surface area contributed by atoms with E-state index in [1.807, 2.05) is 19.9 Å². The van der Waals surface area contributed by atoms with Crippen molar-refractivity contribution in [3.8, 4) is 11.5 Å². The minimum absolute atomic E-state index is 0.00187. The quantitative estimate of drug-likeness (QED) is 0.283. The van der Waals surface area contributed by atoms with Gasteiger partial charge >= 0.3 is 5.97 Å². The molecule has 0 amide bonds. The molecule has 0 aromatic heterocycles. The summed E-state index contributed by atoms with van der Waals surface area (Å²) >= 11 is 1.62. The Balaban J connectivity index is 1.79. The Hall–Kier alpha value is -2.47. The highest BCUT2D eigenvalue weighted by atomic mass is 32.2. The van der Waals surface area contributed by atoms with Crippen molar-refractivity contribution >= 4 is 23.5 Å². The monoisotopic (exact) mass is 416 g/mol. The van der Waals surface area contributed by atoms with Crippen LogP contribution in [0.1, 0.15) is 59.4 Å². The molecule has 0 saturated heterocycles. The topological polar surface area (TPSA) is 83.8 Å². The molecule has 0 atom stereocenters. The highest BCUT2D eigenvalue weighted by Gasteiger charge is 2.17. The van der Waals surface area contributed by atoms with Gasteiger partial charge in [0.25, 0.3) is 0 Å². The van der Waals surface area contributed by atoms with E-state index in [9.17, 15) is 14.7 Å². The average molecular weight is 417 g/mol. The molecule has 0 bridgehead atoms. The fourth-order valence-electron chi connectivity index (χ4n) is 2.84. The van der Waals surface area contributed by atoms with Gasteiger partial charge in [0.15, 0.2) is 5.78 Å². The maximum Gasteiger partial charge on any atom is 0.335 e. The van der Waals surface area contributed by atoms with Crippen LogP contribution in [0.15, 0.2) is 41.3 Å². The third kappa shape index (κ3) is 6.82. The molecule has 0 aliphatic heterocycles. The number of Topliss-reactive ketones (excluding diaryl/α,β-unsaturated/α-hetero) is 1. The minimum atomic E-state index is -0.920. The van der Waals surface area contributed by atoms with Gasteiger partial charge in [0.05, 0.1) is 17.7 Å². The fourth-order valence-corrected chi connectivity index (χ4v) is 3.81. The number of carbonyl (C=O) groups is 2. The molecule has 0 radical (unpaired) electrons. The molecule has 0 saturated carbocycles. The predicted octanol–water partition coefficient (Wildman–Crippen LogP) is 5.58. The first-order chi connectivity index (χ1) is 13.8. The van der Waals surface area contributed by atoms with Crippen LogP contribution in [0, 0.1) is 12.8 Å². The lowest BCUT2D eigenvalue weighted by Crippen LogP contribution is -2.06. The molecule has 5 nitrogen and oxygen atoms in total. The van der Waals surface area contributed by atoms with Crippen LogP contribution >= 0.6 is 11.8 Å². The van der Waals surface area contributed by atoms with E-state index in [2.05, 4.69) is 0 Å². The summed E-state index contributed by atoms with van der Waals surface area (Å²) in [5.74, 6) is 0.710. The van der Waals surface area contributed by atoms with Crippen LogP contribution < -0.4 is 4.74 Å². The van der Waals surface area contributed by atoms with Crippen LogP contribution in [0.4, 0.5) is 0 Å². The molecule has 0 aliphatic carbocycles. The van der Waals surface area contributed by atoms with E-state index in [4.69, 9.17) is 9.84 Å². The summed E-state index contributed by atoms with van der Waals surface area (Å²) in [6.07, 6.45) is 2.15. The molecule has 0 heterocycles. The summed E-state index contributed by atoms with van der Waals surface area (Å²) in [4.78, 5) is 24.1. The number of rotatable bonds is 11. The first-order valence-corrected chi connectivity index (χ1v) is 10.7. The number of hydrogen-bond donors (Lipinski definition) is 2. The molecule has 0 fully saturated rings. The number of aromatic carboxylic acids is 1. The number of ketones is 1. The van der Waals surface area contributed by atoms with E-state index in [0.717, 1.165) is 23.5 Å². The highest BCUT2D eigenvalue weighted by molar-refractivity contribution is 7.99. The van der Waals surface area contributed by atoms with Crippen molar-refractivity contribution in [3.63, 3.8) is 0 Å². The Kier molecular flexibility index (Phi) is 8.58. The van der Waals surface area contributed by atoms with E-state index < -0.39 is 5.97 Å². The predicted molar refractivity (Wildman–Crippen MR) is 115 cm³/mol. The SMILES string of the molecule is Cc1c(OCCCCSc2cccc(C(=O)O)c2)ccc(C(=O)CC(C)C)c1O. The molecule has 2 rings (SSSR count). The van der Waals surface area contributed by atoms with Gasteiger partial charge in [-0.1, -0.05) is 19.9 Å². The third-order valence-corrected chi connectivity index (χ3v) is 5.50. The number of hydrogen-bond acceptors (Lipinski definition) is 5. The van der Waals surface area contributed by atoms with Crippen molar-refractivity contribution in [2.75, 3.05) is 12.4 Å². The van der Waals surface area contributed by atoms with E-state index >= 15 is 0 Å².